The van der Waals surface area contributed by atoms with Crippen molar-refractivity contribution in [3.63, 3.8) is 0 Å². The third-order valence-electron chi connectivity index (χ3n) is 2.25. The van der Waals surface area contributed by atoms with E-state index in [4.69, 9.17) is 0 Å². The van der Waals surface area contributed by atoms with Crippen LogP contribution in [-0.2, 0) is 11.3 Å². The molecule has 0 saturated carbocycles. The Bertz CT molecular complexity index is 446. The second-order valence-electron chi connectivity index (χ2n) is 4.73. The molecule has 5 heteroatoms. The van der Waals surface area contributed by atoms with Gasteiger partial charge in [0.2, 0.25) is 5.91 Å². The SMILES string of the molecule is CN(CC(C)(C)O)C(=O)Cn1ccccc1=O. The summed E-state index contributed by atoms with van der Waals surface area (Å²) < 4.78 is 1.34. The van der Waals surface area contributed by atoms with E-state index in [0.29, 0.717) is 0 Å². The number of amides is 1. The van der Waals surface area contributed by atoms with Crippen LogP contribution >= 0.6 is 0 Å². The van der Waals surface area contributed by atoms with Gasteiger partial charge >= 0.3 is 0 Å². The summed E-state index contributed by atoms with van der Waals surface area (Å²) >= 11 is 0. The summed E-state index contributed by atoms with van der Waals surface area (Å²) in [7, 11) is 1.61. The number of carbonyl (C=O) groups excluding carboxylic acids is 1. The molecule has 0 aromatic carbocycles. The standard InChI is InChI=1S/C12H18N2O3/c1-12(2,17)9-13(3)11(16)8-14-7-5-4-6-10(14)15/h4-7,17H,8-9H2,1-3H3. The van der Waals surface area contributed by atoms with Crippen molar-refractivity contribution in [2.24, 2.45) is 0 Å². The molecule has 94 valence electrons. The molecule has 0 fully saturated rings. The molecule has 1 heterocycles. The Morgan fingerprint density at radius 2 is 2.12 bits per heavy atom. The highest BCUT2D eigenvalue weighted by molar-refractivity contribution is 5.75. The maximum absolute atomic E-state index is 11.8. The molecule has 1 amide bonds. The van der Waals surface area contributed by atoms with Crippen LogP contribution < -0.4 is 5.56 Å². The van der Waals surface area contributed by atoms with Gasteiger partial charge in [0.05, 0.1) is 5.60 Å². The molecule has 0 aliphatic carbocycles. The zero-order valence-electron chi connectivity index (χ0n) is 10.4. The highest BCUT2D eigenvalue weighted by Gasteiger charge is 2.19. The third kappa shape index (κ3) is 4.40. The Morgan fingerprint density at radius 1 is 1.47 bits per heavy atom. The quantitative estimate of drug-likeness (QED) is 0.808. The van der Waals surface area contributed by atoms with Crippen LogP contribution in [0.3, 0.4) is 0 Å². The molecule has 1 rings (SSSR count). The molecule has 1 N–H and O–H groups in total. The number of hydrogen-bond donors (Lipinski definition) is 1. The van der Waals surface area contributed by atoms with Crippen molar-refractivity contribution in [1.82, 2.24) is 9.47 Å². The van der Waals surface area contributed by atoms with Crippen LogP contribution in [-0.4, -0.2) is 39.7 Å². The minimum atomic E-state index is -0.938. The Kier molecular flexibility index (Phi) is 4.07. The van der Waals surface area contributed by atoms with Crippen molar-refractivity contribution in [2.75, 3.05) is 13.6 Å². The van der Waals surface area contributed by atoms with Crippen molar-refractivity contribution in [2.45, 2.75) is 26.0 Å². The number of rotatable bonds is 4. The molecule has 0 saturated heterocycles. The minimum absolute atomic E-state index is 0.00769. The van der Waals surface area contributed by atoms with Gasteiger partial charge in [-0.15, -0.1) is 0 Å². The Morgan fingerprint density at radius 3 is 2.65 bits per heavy atom. The van der Waals surface area contributed by atoms with Crippen LogP contribution in [0.1, 0.15) is 13.8 Å². The van der Waals surface area contributed by atoms with E-state index >= 15 is 0 Å². The number of hydrogen-bond acceptors (Lipinski definition) is 3. The number of aromatic nitrogens is 1. The van der Waals surface area contributed by atoms with Crippen molar-refractivity contribution >= 4 is 5.91 Å². The van der Waals surface area contributed by atoms with Gasteiger partial charge in [0.1, 0.15) is 6.54 Å². The Balaban J connectivity index is 2.67. The normalized spacial score (nSPS) is 11.3. The van der Waals surface area contributed by atoms with Crippen LogP contribution in [0.5, 0.6) is 0 Å². The molecule has 0 atom stereocenters. The molecule has 0 unspecified atom stereocenters. The van der Waals surface area contributed by atoms with Gasteiger partial charge in [-0.25, -0.2) is 0 Å². The first-order valence-electron chi connectivity index (χ1n) is 5.41. The molecule has 0 aliphatic heterocycles. The van der Waals surface area contributed by atoms with E-state index in [2.05, 4.69) is 0 Å². The molecule has 5 nitrogen and oxygen atoms in total. The number of likely N-dealkylation sites (N-methyl/N-ethyl adjacent to an activating group) is 1. The van der Waals surface area contributed by atoms with Crippen molar-refractivity contribution < 1.29 is 9.90 Å². The first kappa shape index (κ1) is 13.4. The third-order valence-corrected chi connectivity index (χ3v) is 2.25. The summed E-state index contributed by atoms with van der Waals surface area (Å²) in [5.74, 6) is -0.208. The number of aliphatic hydroxyl groups is 1. The van der Waals surface area contributed by atoms with Gasteiger partial charge in [-0.2, -0.15) is 0 Å². The van der Waals surface area contributed by atoms with Crippen LogP contribution in [0, 0.1) is 0 Å². The van der Waals surface area contributed by atoms with Crippen LogP contribution in [0.15, 0.2) is 29.2 Å². The number of nitrogens with zero attached hydrogens (tertiary/aromatic N) is 2. The molecule has 0 aliphatic rings. The smallest absolute Gasteiger partial charge is 0.250 e. The topological polar surface area (TPSA) is 62.5 Å². The lowest BCUT2D eigenvalue weighted by Crippen LogP contribution is -2.42. The lowest BCUT2D eigenvalue weighted by Gasteiger charge is -2.25. The van der Waals surface area contributed by atoms with Gasteiger partial charge in [0, 0.05) is 25.9 Å². The van der Waals surface area contributed by atoms with Gasteiger partial charge in [-0.05, 0) is 19.9 Å². The molecule has 1 aromatic rings. The van der Waals surface area contributed by atoms with Gasteiger partial charge in [-0.3, -0.25) is 9.59 Å². The predicted octanol–water partition coefficient (Wildman–Crippen LogP) is 0.0776. The van der Waals surface area contributed by atoms with E-state index in [1.807, 2.05) is 0 Å². The van der Waals surface area contributed by atoms with E-state index in [1.54, 1.807) is 39.2 Å². The van der Waals surface area contributed by atoms with Crippen LogP contribution in [0.2, 0.25) is 0 Å². The van der Waals surface area contributed by atoms with E-state index in [0.717, 1.165) is 0 Å². The first-order chi connectivity index (χ1) is 7.79. The van der Waals surface area contributed by atoms with E-state index in [1.165, 1.54) is 15.5 Å². The van der Waals surface area contributed by atoms with Crippen molar-refractivity contribution in [3.8, 4) is 0 Å². The summed E-state index contributed by atoms with van der Waals surface area (Å²) in [4.78, 5) is 24.6. The second kappa shape index (κ2) is 5.14. The molecule has 1 aromatic heterocycles. The second-order valence-corrected chi connectivity index (χ2v) is 4.73. The zero-order chi connectivity index (χ0) is 13.1. The molecule has 0 spiro atoms. The maximum Gasteiger partial charge on any atom is 0.250 e. The number of pyridine rings is 1. The lowest BCUT2D eigenvalue weighted by molar-refractivity contribution is -0.133. The van der Waals surface area contributed by atoms with E-state index < -0.39 is 5.60 Å². The summed E-state index contributed by atoms with van der Waals surface area (Å²) in [6, 6.07) is 4.73. The Labute approximate surface area is 100 Å². The van der Waals surface area contributed by atoms with E-state index in [-0.39, 0.29) is 24.6 Å². The van der Waals surface area contributed by atoms with Crippen molar-refractivity contribution in [3.05, 3.63) is 34.7 Å². The molecular formula is C12H18N2O3. The van der Waals surface area contributed by atoms with Crippen molar-refractivity contribution in [1.29, 1.82) is 0 Å². The van der Waals surface area contributed by atoms with Gasteiger partial charge in [0.15, 0.2) is 0 Å². The highest BCUT2D eigenvalue weighted by Crippen LogP contribution is 2.03. The summed E-state index contributed by atoms with van der Waals surface area (Å²) in [6.45, 7) is 3.48. The highest BCUT2D eigenvalue weighted by atomic mass is 16.3. The van der Waals surface area contributed by atoms with Crippen LogP contribution in [0.4, 0.5) is 0 Å². The fourth-order valence-corrected chi connectivity index (χ4v) is 1.53. The maximum atomic E-state index is 11.8. The average Bonchev–Trinajstić information content (AvgIpc) is 2.18. The minimum Gasteiger partial charge on any atom is -0.389 e. The largest absolute Gasteiger partial charge is 0.389 e. The summed E-state index contributed by atoms with van der Waals surface area (Å²) in [5, 5.41) is 9.60. The Hall–Kier alpha value is -1.62. The summed E-state index contributed by atoms with van der Waals surface area (Å²) in [5.41, 5.74) is -1.15. The predicted molar refractivity (Wildman–Crippen MR) is 64.6 cm³/mol. The fraction of sp³-hybridized carbons (Fsp3) is 0.500. The monoisotopic (exact) mass is 238 g/mol. The molecular weight excluding hydrogens is 220 g/mol. The van der Waals surface area contributed by atoms with E-state index in [9.17, 15) is 14.7 Å². The average molecular weight is 238 g/mol. The van der Waals surface area contributed by atoms with Gasteiger partial charge in [0.25, 0.3) is 5.56 Å². The zero-order valence-corrected chi connectivity index (χ0v) is 10.4. The summed E-state index contributed by atoms with van der Waals surface area (Å²) in [6.07, 6.45) is 1.57. The van der Waals surface area contributed by atoms with Crippen LogP contribution in [0.25, 0.3) is 0 Å². The molecule has 0 radical (unpaired) electrons. The molecule has 0 bridgehead atoms. The first-order valence-corrected chi connectivity index (χ1v) is 5.41. The molecule has 17 heavy (non-hydrogen) atoms. The number of carbonyl (C=O) groups is 1. The van der Waals surface area contributed by atoms with Gasteiger partial charge in [-0.1, -0.05) is 6.07 Å². The fourth-order valence-electron chi connectivity index (χ4n) is 1.53. The lowest BCUT2D eigenvalue weighted by atomic mass is 10.1. The van der Waals surface area contributed by atoms with Gasteiger partial charge < -0.3 is 14.6 Å².